The number of carbonyl (C=O) groups is 1. The highest BCUT2D eigenvalue weighted by Crippen LogP contribution is 2.31. The third-order valence-corrected chi connectivity index (χ3v) is 3.35. The lowest BCUT2D eigenvalue weighted by Crippen LogP contribution is -2.08. The van der Waals surface area contributed by atoms with E-state index in [4.69, 9.17) is 4.74 Å². The molecule has 4 nitrogen and oxygen atoms in total. The second-order valence-electron chi connectivity index (χ2n) is 4.52. The van der Waals surface area contributed by atoms with Gasteiger partial charge in [-0.15, -0.1) is 0 Å². The molecule has 0 saturated carbocycles. The summed E-state index contributed by atoms with van der Waals surface area (Å²) in [5.41, 5.74) is 1.52. The topological polar surface area (TPSA) is 44.1 Å². The number of fused-ring (bicyclic) bond motifs is 1. The molecule has 0 bridgehead atoms. The molecule has 6 heteroatoms. The van der Waals surface area contributed by atoms with Crippen molar-refractivity contribution in [3.8, 4) is 5.75 Å². The van der Waals surface area contributed by atoms with E-state index in [1.165, 1.54) is 12.4 Å². The van der Waals surface area contributed by atoms with Crippen molar-refractivity contribution in [2.24, 2.45) is 0 Å². The Morgan fingerprint density at radius 2 is 2.20 bits per heavy atom. The van der Waals surface area contributed by atoms with Gasteiger partial charge in [-0.2, -0.15) is 8.78 Å². The number of nitrogens with zero attached hydrogens (tertiary/aromatic N) is 2. The fraction of sp³-hybridized carbons (Fsp3) is 0.286. The summed E-state index contributed by atoms with van der Waals surface area (Å²) in [5, 5.41) is 0. The van der Waals surface area contributed by atoms with Crippen LogP contribution in [0.15, 0.2) is 30.6 Å². The Hall–Kier alpha value is -2.24. The van der Waals surface area contributed by atoms with Gasteiger partial charge in [0.25, 0.3) is 0 Å². The van der Waals surface area contributed by atoms with Crippen LogP contribution in [0.1, 0.15) is 34.7 Å². The summed E-state index contributed by atoms with van der Waals surface area (Å²) in [5.74, 6) is 0.818. The van der Waals surface area contributed by atoms with Crippen LogP contribution in [-0.4, -0.2) is 15.3 Å². The van der Waals surface area contributed by atoms with Gasteiger partial charge in [0.1, 0.15) is 12.4 Å². The van der Waals surface area contributed by atoms with Crippen molar-refractivity contribution in [3.05, 3.63) is 47.5 Å². The van der Waals surface area contributed by atoms with Crippen LogP contribution in [0.2, 0.25) is 0 Å². The van der Waals surface area contributed by atoms with Gasteiger partial charge in [0.15, 0.2) is 11.6 Å². The lowest BCUT2D eigenvalue weighted by atomic mass is 10.1. The molecule has 20 heavy (non-hydrogen) atoms. The number of hydrogen-bond acceptors (Lipinski definition) is 3. The summed E-state index contributed by atoms with van der Waals surface area (Å²) in [4.78, 5) is 15.5. The maximum absolute atomic E-state index is 12.7. The fourth-order valence-electron chi connectivity index (χ4n) is 2.37. The Morgan fingerprint density at radius 3 is 3.00 bits per heavy atom. The molecular formula is C14H12F2N2O2. The van der Waals surface area contributed by atoms with Gasteiger partial charge in [-0.05, 0) is 12.5 Å². The molecule has 104 valence electrons. The average molecular weight is 278 g/mol. The van der Waals surface area contributed by atoms with Gasteiger partial charge in [0.05, 0.1) is 0 Å². The monoisotopic (exact) mass is 278 g/mol. The average Bonchev–Trinajstić information content (AvgIpc) is 3.04. The van der Waals surface area contributed by atoms with E-state index >= 15 is 0 Å². The molecule has 0 unspecified atom stereocenters. The highest BCUT2D eigenvalue weighted by Gasteiger charge is 2.23. The predicted octanol–water partition coefficient (Wildman–Crippen LogP) is 2.99. The van der Waals surface area contributed by atoms with E-state index in [0.717, 1.165) is 10.1 Å². The zero-order chi connectivity index (χ0) is 14.1. The minimum atomic E-state index is -2.64. The lowest BCUT2D eigenvalue weighted by molar-refractivity contribution is 0.0632. The molecule has 0 spiro atoms. The number of carbonyl (C=O) groups excluding carboxylic acids is 1. The van der Waals surface area contributed by atoms with Crippen molar-refractivity contribution >= 4 is 5.78 Å². The highest BCUT2D eigenvalue weighted by atomic mass is 19.3. The molecule has 0 atom stereocenters. The van der Waals surface area contributed by atoms with Crippen molar-refractivity contribution in [3.63, 3.8) is 0 Å². The minimum Gasteiger partial charge on any atom is -0.485 e. The van der Waals surface area contributed by atoms with Gasteiger partial charge in [-0.3, -0.25) is 9.36 Å². The Bertz CT molecular complexity index is 652. The molecule has 0 saturated heterocycles. The molecule has 0 amide bonds. The highest BCUT2D eigenvalue weighted by molar-refractivity contribution is 6.01. The molecule has 2 aromatic rings. The van der Waals surface area contributed by atoms with Gasteiger partial charge in [-0.25, -0.2) is 4.98 Å². The summed E-state index contributed by atoms with van der Waals surface area (Å²) in [6, 6.07) is 5.24. The number of benzene rings is 1. The van der Waals surface area contributed by atoms with Crippen LogP contribution in [0.5, 0.6) is 5.75 Å². The first-order valence-corrected chi connectivity index (χ1v) is 6.24. The number of aromatic nitrogens is 2. The van der Waals surface area contributed by atoms with Crippen molar-refractivity contribution < 1.29 is 18.3 Å². The second-order valence-corrected chi connectivity index (χ2v) is 4.52. The lowest BCUT2D eigenvalue weighted by Gasteiger charge is -2.11. The summed E-state index contributed by atoms with van der Waals surface area (Å²) in [6.07, 6.45) is 3.63. The van der Waals surface area contributed by atoms with E-state index in [2.05, 4.69) is 4.98 Å². The molecule has 1 heterocycles. The van der Waals surface area contributed by atoms with Gasteiger partial charge in [-0.1, -0.05) is 12.1 Å². The smallest absolute Gasteiger partial charge is 0.320 e. The van der Waals surface area contributed by atoms with Crippen molar-refractivity contribution in [2.45, 2.75) is 26.0 Å². The van der Waals surface area contributed by atoms with Crippen molar-refractivity contribution in [2.75, 3.05) is 0 Å². The third kappa shape index (κ3) is 2.17. The van der Waals surface area contributed by atoms with Crippen molar-refractivity contribution in [1.29, 1.82) is 0 Å². The SMILES string of the molecule is O=C1CCc2c(OCc3nccn3C(F)F)cccc21. The zero-order valence-electron chi connectivity index (χ0n) is 10.6. The van der Waals surface area contributed by atoms with Crippen LogP contribution in [-0.2, 0) is 13.0 Å². The normalized spacial score (nSPS) is 13.8. The van der Waals surface area contributed by atoms with Crippen LogP contribution in [0.3, 0.4) is 0 Å². The van der Waals surface area contributed by atoms with E-state index in [9.17, 15) is 13.6 Å². The molecular weight excluding hydrogens is 266 g/mol. The molecule has 0 aliphatic heterocycles. The van der Waals surface area contributed by atoms with Gasteiger partial charge < -0.3 is 4.74 Å². The molecule has 0 fully saturated rings. The quantitative estimate of drug-likeness (QED) is 0.863. The van der Waals surface area contributed by atoms with Crippen LogP contribution in [0.25, 0.3) is 0 Å². The first kappa shape index (κ1) is 12.8. The fourth-order valence-corrected chi connectivity index (χ4v) is 2.37. The van der Waals surface area contributed by atoms with E-state index in [1.807, 2.05) is 0 Å². The summed E-state index contributed by atoms with van der Waals surface area (Å²) in [7, 11) is 0. The number of ketones is 1. The van der Waals surface area contributed by atoms with Crippen LogP contribution in [0.4, 0.5) is 8.78 Å². The molecule has 1 aromatic carbocycles. The number of imidazole rings is 1. The molecule has 0 N–H and O–H groups in total. The van der Waals surface area contributed by atoms with Gasteiger partial charge >= 0.3 is 6.55 Å². The molecule has 1 aliphatic carbocycles. The van der Waals surface area contributed by atoms with Crippen molar-refractivity contribution in [1.82, 2.24) is 9.55 Å². The van der Waals surface area contributed by atoms with Crippen LogP contribution >= 0.6 is 0 Å². The molecule has 1 aromatic heterocycles. The number of alkyl halides is 2. The number of Topliss-reactive ketones (excluding diaryl/α,β-unsaturated/α-hetero) is 1. The first-order valence-electron chi connectivity index (χ1n) is 6.24. The zero-order valence-corrected chi connectivity index (χ0v) is 10.6. The third-order valence-electron chi connectivity index (χ3n) is 3.35. The Labute approximate surface area is 114 Å². The number of halogens is 2. The number of ether oxygens (including phenoxy) is 1. The van der Waals surface area contributed by atoms with Crippen LogP contribution in [0, 0.1) is 0 Å². The summed E-state index contributed by atoms with van der Waals surface area (Å²) < 4.78 is 31.7. The minimum absolute atomic E-state index is 0.0536. The molecule has 1 aliphatic rings. The first-order chi connectivity index (χ1) is 9.66. The Kier molecular flexibility index (Phi) is 3.22. The van der Waals surface area contributed by atoms with E-state index in [-0.39, 0.29) is 18.2 Å². The van der Waals surface area contributed by atoms with E-state index in [1.54, 1.807) is 18.2 Å². The standard InChI is InChI=1S/C14H12F2N2O2/c15-14(16)18-7-6-17-13(18)8-20-12-3-1-2-9-10(12)4-5-11(9)19/h1-3,6-7,14H,4-5,8H2. The Balaban J connectivity index is 1.80. The molecule has 3 rings (SSSR count). The van der Waals surface area contributed by atoms with E-state index < -0.39 is 6.55 Å². The largest absolute Gasteiger partial charge is 0.485 e. The van der Waals surface area contributed by atoms with Crippen LogP contribution < -0.4 is 4.74 Å². The van der Waals surface area contributed by atoms with Gasteiger partial charge in [0, 0.05) is 29.9 Å². The summed E-state index contributed by atoms with van der Waals surface area (Å²) >= 11 is 0. The van der Waals surface area contributed by atoms with Gasteiger partial charge in [0.2, 0.25) is 0 Å². The molecule has 0 radical (unpaired) electrons. The second kappa shape index (κ2) is 5.03. The number of rotatable bonds is 4. The summed E-state index contributed by atoms with van der Waals surface area (Å²) in [6.45, 7) is -2.69. The Morgan fingerprint density at radius 1 is 1.35 bits per heavy atom. The maximum atomic E-state index is 12.7. The maximum Gasteiger partial charge on any atom is 0.320 e. The predicted molar refractivity (Wildman–Crippen MR) is 66.9 cm³/mol. The number of hydrogen-bond donors (Lipinski definition) is 0. The van der Waals surface area contributed by atoms with E-state index in [0.29, 0.717) is 24.2 Å².